The smallest absolute Gasteiger partial charge is 0.279 e. The molecule has 2 aliphatic heterocycles. The minimum absolute atomic E-state index is 0.187. The highest BCUT2D eigenvalue weighted by atomic mass is 19.2. The second-order valence-electron chi connectivity index (χ2n) is 8.35. The van der Waals surface area contributed by atoms with Crippen molar-refractivity contribution in [3.8, 4) is 0 Å². The van der Waals surface area contributed by atoms with Crippen molar-refractivity contribution in [3.63, 3.8) is 0 Å². The van der Waals surface area contributed by atoms with Gasteiger partial charge in [-0.2, -0.15) is 4.98 Å². The van der Waals surface area contributed by atoms with Crippen LogP contribution in [0.3, 0.4) is 0 Å². The first-order valence-corrected chi connectivity index (χ1v) is 10.6. The van der Waals surface area contributed by atoms with E-state index in [1.165, 1.54) is 17.2 Å². The van der Waals surface area contributed by atoms with E-state index < -0.39 is 11.6 Å². The van der Waals surface area contributed by atoms with Gasteiger partial charge in [0, 0.05) is 51.4 Å². The fourth-order valence-corrected chi connectivity index (χ4v) is 4.61. The molecule has 0 amide bonds. The Morgan fingerprint density at radius 3 is 2.65 bits per heavy atom. The van der Waals surface area contributed by atoms with Crippen LogP contribution in [0.2, 0.25) is 0 Å². The van der Waals surface area contributed by atoms with Crippen LogP contribution in [0.25, 0.3) is 0 Å². The number of aromatic nitrogens is 2. The molecule has 160 valence electrons. The largest absolute Gasteiger partial charge is 0.336 e. The Kier molecular flexibility index (Phi) is 5.06. The Labute approximate surface area is 179 Å². The number of benzene rings is 2. The summed E-state index contributed by atoms with van der Waals surface area (Å²) in [7, 11) is 0. The quantitative estimate of drug-likeness (QED) is 0.646. The first-order chi connectivity index (χ1) is 15.0. The number of nitrogens with zero attached hydrogens (tertiary/aromatic N) is 4. The normalized spacial score (nSPS) is 15.8. The number of hydrogen-bond donors (Lipinski definition) is 0. The third-order valence-corrected chi connectivity index (χ3v) is 6.31. The number of halogens is 2. The SMILES string of the molecule is Cc1ccccc1CN1CCn2c1nc(=O)c1c2CCN(Cc2ccc(F)c(F)c2)C1. The summed E-state index contributed by atoms with van der Waals surface area (Å²) >= 11 is 0. The van der Waals surface area contributed by atoms with Crippen molar-refractivity contribution in [3.05, 3.63) is 92.4 Å². The van der Waals surface area contributed by atoms with Crippen LogP contribution in [-0.2, 0) is 32.6 Å². The van der Waals surface area contributed by atoms with Crippen LogP contribution in [0.15, 0.2) is 47.3 Å². The zero-order valence-corrected chi connectivity index (χ0v) is 17.4. The predicted molar refractivity (Wildman–Crippen MR) is 115 cm³/mol. The number of fused-ring (bicyclic) bond motifs is 3. The van der Waals surface area contributed by atoms with E-state index in [-0.39, 0.29) is 5.56 Å². The number of rotatable bonds is 4. The van der Waals surface area contributed by atoms with E-state index in [0.29, 0.717) is 18.7 Å². The number of aryl methyl sites for hydroxylation is 1. The van der Waals surface area contributed by atoms with Crippen molar-refractivity contribution in [2.45, 2.75) is 39.5 Å². The first-order valence-electron chi connectivity index (χ1n) is 10.6. The molecule has 3 heterocycles. The predicted octanol–water partition coefficient (Wildman–Crippen LogP) is 3.41. The molecule has 0 spiro atoms. The van der Waals surface area contributed by atoms with Crippen LogP contribution in [0.4, 0.5) is 14.7 Å². The van der Waals surface area contributed by atoms with Crippen molar-refractivity contribution in [1.29, 1.82) is 0 Å². The molecule has 1 aromatic heterocycles. The van der Waals surface area contributed by atoms with Crippen LogP contribution in [0, 0.1) is 18.6 Å². The Morgan fingerprint density at radius 1 is 1.00 bits per heavy atom. The van der Waals surface area contributed by atoms with E-state index in [0.717, 1.165) is 55.9 Å². The topological polar surface area (TPSA) is 41.4 Å². The van der Waals surface area contributed by atoms with E-state index >= 15 is 0 Å². The molecule has 0 saturated carbocycles. The zero-order chi connectivity index (χ0) is 21.5. The second kappa shape index (κ2) is 7.89. The third-order valence-electron chi connectivity index (χ3n) is 6.31. The summed E-state index contributed by atoms with van der Waals surface area (Å²) in [6.45, 7) is 6.18. The molecule has 3 aromatic rings. The molecule has 2 aromatic carbocycles. The van der Waals surface area contributed by atoms with E-state index in [1.807, 2.05) is 12.1 Å². The fourth-order valence-electron chi connectivity index (χ4n) is 4.61. The van der Waals surface area contributed by atoms with Gasteiger partial charge in [-0.15, -0.1) is 0 Å². The number of hydrogen-bond acceptors (Lipinski definition) is 4. The highest BCUT2D eigenvalue weighted by Crippen LogP contribution is 2.27. The zero-order valence-electron chi connectivity index (χ0n) is 17.4. The van der Waals surface area contributed by atoms with Gasteiger partial charge in [0.05, 0.1) is 5.56 Å². The third kappa shape index (κ3) is 3.74. The molecule has 0 atom stereocenters. The molecule has 0 aliphatic carbocycles. The molecule has 31 heavy (non-hydrogen) atoms. The molecule has 0 unspecified atom stereocenters. The molecule has 2 aliphatic rings. The highest BCUT2D eigenvalue weighted by Gasteiger charge is 2.29. The summed E-state index contributed by atoms with van der Waals surface area (Å²) in [5, 5.41) is 0. The lowest BCUT2D eigenvalue weighted by atomic mass is 10.1. The maximum Gasteiger partial charge on any atom is 0.279 e. The van der Waals surface area contributed by atoms with Crippen molar-refractivity contribution in [2.75, 3.05) is 18.0 Å². The number of anilines is 1. The van der Waals surface area contributed by atoms with Crippen molar-refractivity contribution >= 4 is 5.95 Å². The molecule has 0 fully saturated rings. The molecular weight excluding hydrogens is 398 g/mol. The Hall–Kier alpha value is -3.06. The van der Waals surface area contributed by atoms with Gasteiger partial charge >= 0.3 is 0 Å². The van der Waals surface area contributed by atoms with Crippen LogP contribution in [0.1, 0.15) is 27.9 Å². The molecule has 0 saturated heterocycles. The second-order valence-corrected chi connectivity index (χ2v) is 8.35. The summed E-state index contributed by atoms with van der Waals surface area (Å²) in [6.07, 6.45) is 0.738. The van der Waals surface area contributed by atoms with Crippen molar-refractivity contribution < 1.29 is 8.78 Å². The lowest BCUT2D eigenvalue weighted by Gasteiger charge is -2.30. The maximum atomic E-state index is 13.5. The van der Waals surface area contributed by atoms with E-state index in [2.05, 4.69) is 38.4 Å². The van der Waals surface area contributed by atoms with Gasteiger partial charge in [0.1, 0.15) is 0 Å². The molecular formula is C24H24F2N4O. The lowest BCUT2D eigenvalue weighted by molar-refractivity contribution is 0.239. The molecule has 0 radical (unpaired) electrons. The maximum absolute atomic E-state index is 13.5. The van der Waals surface area contributed by atoms with Crippen LogP contribution in [-0.4, -0.2) is 27.5 Å². The van der Waals surface area contributed by atoms with Gasteiger partial charge in [-0.25, -0.2) is 8.78 Å². The molecule has 0 N–H and O–H groups in total. The first kappa shape index (κ1) is 19.9. The average Bonchev–Trinajstić information content (AvgIpc) is 3.15. The summed E-state index contributed by atoms with van der Waals surface area (Å²) < 4.78 is 28.9. The molecule has 5 nitrogen and oxygen atoms in total. The summed E-state index contributed by atoms with van der Waals surface area (Å²) in [4.78, 5) is 21.6. The molecule has 7 heteroatoms. The van der Waals surface area contributed by atoms with Gasteiger partial charge in [-0.3, -0.25) is 9.69 Å². The van der Waals surface area contributed by atoms with Crippen molar-refractivity contribution in [2.24, 2.45) is 0 Å². The van der Waals surface area contributed by atoms with Gasteiger partial charge in [-0.05, 0) is 35.7 Å². The van der Waals surface area contributed by atoms with E-state index in [1.54, 1.807) is 6.07 Å². The van der Waals surface area contributed by atoms with Crippen LogP contribution < -0.4 is 10.5 Å². The molecule has 5 rings (SSSR count). The minimum Gasteiger partial charge on any atom is -0.336 e. The van der Waals surface area contributed by atoms with Gasteiger partial charge < -0.3 is 9.47 Å². The van der Waals surface area contributed by atoms with Crippen molar-refractivity contribution in [1.82, 2.24) is 14.5 Å². The Balaban J connectivity index is 1.38. The lowest BCUT2D eigenvalue weighted by Crippen LogP contribution is -2.37. The average molecular weight is 422 g/mol. The van der Waals surface area contributed by atoms with Gasteiger partial charge in [0.2, 0.25) is 5.95 Å². The monoisotopic (exact) mass is 422 g/mol. The summed E-state index contributed by atoms with van der Waals surface area (Å²) in [5.74, 6) is -0.940. The fraction of sp³-hybridized carbons (Fsp3) is 0.333. The van der Waals surface area contributed by atoms with Crippen LogP contribution >= 0.6 is 0 Å². The highest BCUT2D eigenvalue weighted by molar-refractivity contribution is 5.42. The Morgan fingerprint density at radius 2 is 1.84 bits per heavy atom. The standard InChI is InChI=1S/C24H24F2N4O/c1-16-4-2-3-5-18(16)14-29-10-11-30-22-8-9-28(15-19(22)23(31)27-24(29)30)13-17-6-7-20(25)21(26)12-17/h2-7,12H,8-11,13-15H2,1H3. The van der Waals surface area contributed by atoms with E-state index in [4.69, 9.17) is 0 Å². The van der Waals surface area contributed by atoms with Gasteiger partial charge in [0.25, 0.3) is 5.56 Å². The molecule has 0 bridgehead atoms. The van der Waals surface area contributed by atoms with Gasteiger partial charge in [0.15, 0.2) is 11.6 Å². The van der Waals surface area contributed by atoms with Crippen LogP contribution in [0.5, 0.6) is 0 Å². The Bertz CT molecular complexity index is 1210. The van der Waals surface area contributed by atoms with E-state index in [9.17, 15) is 13.6 Å². The summed E-state index contributed by atoms with van der Waals surface area (Å²) in [5.41, 5.74) is 4.75. The van der Waals surface area contributed by atoms with Gasteiger partial charge in [-0.1, -0.05) is 30.3 Å². The summed E-state index contributed by atoms with van der Waals surface area (Å²) in [6, 6.07) is 12.2. The minimum atomic E-state index is -0.846.